The average Bonchev–Trinajstić information content (AvgIpc) is 2.73. The van der Waals surface area contributed by atoms with Gasteiger partial charge in [-0.15, -0.1) is 0 Å². The fourth-order valence-corrected chi connectivity index (χ4v) is 6.18. The van der Waals surface area contributed by atoms with Crippen molar-refractivity contribution in [1.29, 1.82) is 0 Å². The molecule has 0 radical (unpaired) electrons. The third-order valence-electron chi connectivity index (χ3n) is 5.36. The molecule has 3 aromatic rings. The molecular formula is C20H20Cl2N4O3S. The number of hydrogen-bond donors (Lipinski definition) is 1. The summed E-state index contributed by atoms with van der Waals surface area (Å²) in [4.78, 5) is 21.8. The molecule has 0 saturated carbocycles. The van der Waals surface area contributed by atoms with Gasteiger partial charge in [-0.1, -0.05) is 41.4 Å². The highest BCUT2D eigenvalue weighted by atomic mass is 35.5. The standard InChI is InChI=1S/C20H20Cl2N4O3S/c1-13(19-23-17-8-3-2-5-14(17)20(27)24-19)25-9-11-26(12-10-25)30(28,29)18-15(21)6-4-7-16(18)22/h2-8,13H,9-12H2,1H3,(H,23,24,27)/t13-/m1/s1. The lowest BCUT2D eigenvalue weighted by Gasteiger charge is -2.37. The smallest absolute Gasteiger partial charge is 0.258 e. The van der Waals surface area contributed by atoms with E-state index in [9.17, 15) is 13.2 Å². The van der Waals surface area contributed by atoms with Crippen LogP contribution in [0.25, 0.3) is 10.9 Å². The van der Waals surface area contributed by atoms with Crippen LogP contribution in [0.3, 0.4) is 0 Å². The molecule has 1 aliphatic heterocycles. The molecule has 2 heterocycles. The Balaban J connectivity index is 1.53. The highest BCUT2D eigenvalue weighted by molar-refractivity contribution is 7.89. The first-order chi connectivity index (χ1) is 14.3. The molecular weight excluding hydrogens is 447 g/mol. The van der Waals surface area contributed by atoms with E-state index < -0.39 is 10.0 Å². The molecule has 1 saturated heterocycles. The number of halogens is 2. The van der Waals surface area contributed by atoms with Gasteiger partial charge in [0.2, 0.25) is 10.0 Å². The van der Waals surface area contributed by atoms with Gasteiger partial charge >= 0.3 is 0 Å². The Morgan fingerprint density at radius 3 is 2.30 bits per heavy atom. The molecule has 0 amide bonds. The van der Waals surface area contributed by atoms with E-state index in [0.29, 0.717) is 29.8 Å². The minimum absolute atomic E-state index is 0.0599. The van der Waals surface area contributed by atoms with Gasteiger partial charge in [0.1, 0.15) is 10.7 Å². The van der Waals surface area contributed by atoms with Gasteiger partial charge in [-0.3, -0.25) is 9.69 Å². The Hall–Kier alpha value is -1.97. The second-order valence-electron chi connectivity index (χ2n) is 7.14. The quantitative estimate of drug-likeness (QED) is 0.637. The molecule has 1 N–H and O–H groups in total. The van der Waals surface area contributed by atoms with E-state index in [0.717, 1.165) is 0 Å². The summed E-state index contributed by atoms with van der Waals surface area (Å²) < 4.78 is 27.5. The number of hydrogen-bond acceptors (Lipinski definition) is 5. The Morgan fingerprint density at radius 1 is 1.00 bits per heavy atom. The molecule has 1 atom stereocenters. The van der Waals surface area contributed by atoms with Gasteiger partial charge in [-0.2, -0.15) is 4.31 Å². The van der Waals surface area contributed by atoms with E-state index in [1.54, 1.807) is 24.3 Å². The van der Waals surface area contributed by atoms with Crippen LogP contribution in [0.1, 0.15) is 18.8 Å². The first-order valence-corrected chi connectivity index (χ1v) is 11.7. The van der Waals surface area contributed by atoms with Crippen molar-refractivity contribution < 1.29 is 8.42 Å². The van der Waals surface area contributed by atoms with Crippen LogP contribution in [0.4, 0.5) is 0 Å². The van der Waals surface area contributed by atoms with Crippen molar-refractivity contribution in [3.8, 4) is 0 Å². The number of aromatic nitrogens is 2. The van der Waals surface area contributed by atoms with Crippen LogP contribution in [0.15, 0.2) is 52.2 Å². The number of nitrogens with zero attached hydrogens (tertiary/aromatic N) is 3. The molecule has 0 spiro atoms. The summed E-state index contributed by atoms with van der Waals surface area (Å²) in [6.07, 6.45) is 0. The van der Waals surface area contributed by atoms with E-state index in [1.165, 1.54) is 16.4 Å². The third kappa shape index (κ3) is 3.86. The zero-order valence-corrected chi connectivity index (χ0v) is 18.5. The molecule has 2 aromatic carbocycles. The molecule has 7 nitrogen and oxygen atoms in total. The lowest BCUT2D eigenvalue weighted by atomic mass is 10.2. The minimum atomic E-state index is -3.80. The molecule has 0 bridgehead atoms. The van der Waals surface area contributed by atoms with Crippen molar-refractivity contribution in [3.05, 3.63) is 68.7 Å². The highest BCUT2D eigenvalue weighted by Gasteiger charge is 2.33. The molecule has 0 unspecified atom stereocenters. The summed E-state index contributed by atoms with van der Waals surface area (Å²) in [7, 11) is -3.80. The van der Waals surface area contributed by atoms with Gasteiger partial charge < -0.3 is 4.98 Å². The van der Waals surface area contributed by atoms with Crippen molar-refractivity contribution in [1.82, 2.24) is 19.2 Å². The van der Waals surface area contributed by atoms with Crippen molar-refractivity contribution >= 4 is 44.1 Å². The number of sulfonamides is 1. The molecule has 1 aliphatic rings. The van der Waals surface area contributed by atoms with Crippen molar-refractivity contribution in [2.75, 3.05) is 26.2 Å². The van der Waals surface area contributed by atoms with Crippen molar-refractivity contribution in [2.45, 2.75) is 17.9 Å². The minimum Gasteiger partial charge on any atom is -0.309 e. The Labute approximate surface area is 184 Å². The molecule has 10 heteroatoms. The van der Waals surface area contributed by atoms with Gasteiger partial charge in [0.25, 0.3) is 5.56 Å². The molecule has 1 aromatic heterocycles. The molecule has 4 rings (SSSR count). The van der Waals surface area contributed by atoms with E-state index in [2.05, 4.69) is 14.9 Å². The number of para-hydroxylation sites is 1. The maximum Gasteiger partial charge on any atom is 0.258 e. The second kappa shape index (κ2) is 8.28. The average molecular weight is 467 g/mol. The first-order valence-electron chi connectivity index (χ1n) is 9.46. The van der Waals surface area contributed by atoms with Gasteiger partial charge in [0.05, 0.1) is 27.0 Å². The van der Waals surface area contributed by atoms with Crippen molar-refractivity contribution in [3.63, 3.8) is 0 Å². The fourth-order valence-electron chi connectivity index (χ4n) is 3.66. The summed E-state index contributed by atoms with van der Waals surface area (Å²) >= 11 is 12.2. The number of benzene rings is 2. The lowest BCUT2D eigenvalue weighted by Crippen LogP contribution is -2.49. The number of piperazine rings is 1. The monoisotopic (exact) mass is 466 g/mol. The van der Waals surface area contributed by atoms with E-state index in [4.69, 9.17) is 23.2 Å². The SMILES string of the molecule is C[C@H](c1nc2ccccc2c(=O)[nH]1)N1CCN(S(=O)(=O)c2c(Cl)cccc2Cl)CC1. The van der Waals surface area contributed by atoms with Crippen LogP contribution in [0, 0.1) is 0 Å². The predicted octanol–water partition coefficient (Wildman–Crippen LogP) is 3.30. The topological polar surface area (TPSA) is 86.4 Å². The summed E-state index contributed by atoms with van der Waals surface area (Å²) in [6.45, 7) is 3.48. The molecule has 1 fully saturated rings. The maximum atomic E-state index is 13.0. The normalized spacial score (nSPS) is 17.3. The maximum absolute atomic E-state index is 13.0. The number of nitrogens with one attached hydrogen (secondary N) is 1. The van der Waals surface area contributed by atoms with Crippen LogP contribution < -0.4 is 5.56 Å². The van der Waals surface area contributed by atoms with Crippen LogP contribution >= 0.6 is 23.2 Å². The third-order valence-corrected chi connectivity index (χ3v) is 8.22. The summed E-state index contributed by atoms with van der Waals surface area (Å²) in [5.41, 5.74) is 0.453. The number of aromatic amines is 1. The summed E-state index contributed by atoms with van der Waals surface area (Å²) in [5.74, 6) is 0.559. The van der Waals surface area contributed by atoms with Gasteiger partial charge in [0.15, 0.2) is 0 Å². The van der Waals surface area contributed by atoms with E-state index in [-0.39, 0.29) is 39.6 Å². The van der Waals surface area contributed by atoms with Gasteiger partial charge in [-0.05, 0) is 31.2 Å². The number of rotatable bonds is 4. The number of H-pyrrole nitrogens is 1. The lowest BCUT2D eigenvalue weighted by molar-refractivity contribution is 0.141. The molecule has 30 heavy (non-hydrogen) atoms. The molecule has 0 aliphatic carbocycles. The van der Waals surface area contributed by atoms with Gasteiger partial charge in [0, 0.05) is 26.2 Å². The van der Waals surface area contributed by atoms with Crippen LogP contribution in [0.5, 0.6) is 0 Å². The summed E-state index contributed by atoms with van der Waals surface area (Å²) in [6, 6.07) is 11.6. The summed E-state index contributed by atoms with van der Waals surface area (Å²) in [5, 5.41) is 0.758. The Kier molecular flexibility index (Phi) is 5.87. The zero-order valence-electron chi connectivity index (χ0n) is 16.2. The Morgan fingerprint density at radius 2 is 1.63 bits per heavy atom. The fraction of sp³-hybridized carbons (Fsp3) is 0.300. The van der Waals surface area contributed by atoms with Crippen LogP contribution in [-0.4, -0.2) is 53.8 Å². The Bertz CT molecular complexity index is 1230. The largest absolute Gasteiger partial charge is 0.309 e. The second-order valence-corrected chi connectivity index (χ2v) is 9.82. The van der Waals surface area contributed by atoms with E-state index >= 15 is 0 Å². The predicted molar refractivity (Wildman–Crippen MR) is 118 cm³/mol. The molecule has 158 valence electrons. The van der Waals surface area contributed by atoms with Crippen molar-refractivity contribution in [2.24, 2.45) is 0 Å². The first kappa shape index (κ1) is 21.3. The zero-order chi connectivity index (χ0) is 21.5. The van der Waals surface area contributed by atoms with E-state index in [1.807, 2.05) is 13.0 Å². The number of fused-ring (bicyclic) bond motifs is 1. The van der Waals surface area contributed by atoms with Crippen LogP contribution in [-0.2, 0) is 10.0 Å². The highest BCUT2D eigenvalue weighted by Crippen LogP contribution is 2.32. The van der Waals surface area contributed by atoms with Crippen LogP contribution in [0.2, 0.25) is 10.0 Å². The van der Waals surface area contributed by atoms with Gasteiger partial charge in [-0.25, -0.2) is 13.4 Å².